The molecule has 0 radical (unpaired) electrons. The highest BCUT2D eigenvalue weighted by Gasteiger charge is 2.10. The van der Waals surface area contributed by atoms with Gasteiger partial charge in [0.05, 0.1) is 7.11 Å². The summed E-state index contributed by atoms with van der Waals surface area (Å²) in [6.07, 6.45) is 3.14. The summed E-state index contributed by atoms with van der Waals surface area (Å²) in [6, 6.07) is 9.65. The number of methoxy groups -OCH3 is 1. The molecule has 1 aromatic heterocycles. The third kappa shape index (κ3) is 2.76. The van der Waals surface area contributed by atoms with Gasteiger partial charge in [0.2, 0.25) is 5.88 Å². The summed E-state index contributed by atoms with van der Waals surface area (Å²) >= 11 is 5.26. The van der Waals surface area contributed by atoms with Crippen LogP contribution in [0.3, 0.4) is 0 Å². The summed E-state index contributed by atoms with van der Waals surface area (Å²) in [5, 5.41) is 3.08. The van der Waals surface area contributed by atoms with E-state index < -0.39 is 0 Å². The molecule has 0 bridgehead atoms. The maximum absolute atomic E-state index is 5.26. The van der Waals surface area contributed by atoms with Gasteiger partial charge >= 0.3 is 0 Å². The quantitative estimate of drug-likeness (QED) is 0.841. The molecule has 0 atom stereocenters. The number of nitrogens with zero attached hydrogens (tertiary/aromatic N) is 2. The molecule has 0 saturated carbocycles. The van der Waals surface area contributed by atoms with Crippen molar-refractivity contribution in [2.75, 3.05) is 12.4 Å². The number of nitrogens with one attached hydrogen (secondary N) is 1. The van der Waals surface area contributed by atoms with Gasteiger partial charge in [-0.15, -0.1) is 0 Å². The van der Waals surface area contributed by atoms with Crippen molar-refractivity contribution < 1.29 is 4.74 Å². The summed E-state index contributed by atoms with van der Waals surface area (Å²) in [5.74, 6) is 0.418. The van der Waals surface area contributed by atoms with Crippen LogP contribution in [0.1, 0.15) is 5.69 Å². The van der Waals surface area contributed by atoms with Gasteiger partial charge in [-0.25, -0.2) is 9.97 Å². The number of thiocarbonyl (C=S) groups is 1. The van der Waals surface area contributed by atoms with Crippen molar-refractivity contribution in [2.45, 2.75) is 0 Å². The molecule has 17 heavy (non-hydrogen) atoms. The second-order valence-electron chi connectivity index (χ2n) is 3.23. The second-order valence-corrected chi connectivity index (χ2v) is 3.64. The van der Waals surface area contributed by atoms with Crippen molar-refractivity contribution in [1.82, 2.24) is 9.97 Å². The van der Waals surface area contributed by atoms with Crippen LogP contribution in [-0.2, 0) is 0 Å². The third-order valence-corrected chi connectivity index (χ3v) is 2.40. The molecule has 0 aliphatic rings. The first-order valence-corrected chi connectivity index (χ1v) is 5.43. The van der Waals surface area contributed by atoms with Gasteiger partial charge in [-0.3, -0.25) is 0 Å². The van der Waals surface area contributed by atoms with E-state index in [0.29, 0.717) is 16.6 Å². The fourth-order valence-electron chi connectivity index (χ4n) is 1.34. The van der Waals surface area contributed by atoms with Gasteiger partial charge in [0.15, 0.2) is 5.69 Å². The molecule has 5 heteroatoms. The van der Waals surface area contributed by atoms with E-state index >= 15 is 0 Å². The summed E-state index contributed by atoms with van der Waals surface area (Å²) in [7, 11) is 1.54. The van der Waals surface area contributed by atoms with E-state index in [0.717, 1.165) is 5.69 Å². The van der Waals surface area contributed by atoms with E-state index in [9.17, 15) is 0 Å². The highest BCUT2D eigenvalue weighted by molar-refractivity contribution is 7.81. The lowest BCUT2D eigenvalue weighted by molar-refractivity contribution is 0.394. The number of ether oxygens (including phenoxy) is 1. The molecule has 1 heterocycles. The molecule has 0 aliphatic carbocycles. The Morgan fingerprint density at radius 2 is 1.88 bits per heavy atom. The zero-order valence-electron chi connectivity index (χ0n) is 9.25. The lowest BCUT2D eigenvalue weighted by Gasteiger charge is -2.09. The molecule has 86 valence electrons. The monoisotopic (exact) mass is 245 g/mol. The Kier molecular flexibility index (Phi) is 3.62. The zero-order chi connectivity index (χ0) is 12.1. The lowest BCUT2D eigenvalue weighted by atomic mass is 10.3. The van der Waals surface area contributed by atoms with Gasteiger partial charge in [-0.2, -0.15) is 0 Å². The zero-order valence-corrected chi connectivity index (χ0v) is 10.1. The van der Waals surface area contributed by atoms with Crippen molar-refractivity contribution in [2.24, 2.45) is 0 Å². The lowest BCUT2D eigenvalue weighted by Crippen LogP contribution is -2.14. The molecule has 1 N–H and O–H groups in total. The standard InChI is InChI=1S/C12H11N3OS/c1-16-11-10(13-7-8-14-11)12(17)15-9-5-3-2-4-6-9/h2-8H,1H3,(H,15,17). The van der Waals surface area contributed by atoms with Gasteiger partial charge in [0.25, 0.3) is 0 Å². The van der Waals surface area contributed by atoms with E-state index in [1.165, 1.54) is 0 Å². The number of para-hydroxylation sites is 1. The highest BCUT2D eigenvalue weighted by atomic mass is 32.1. The first kappa shape index (κ1) is 11.5. The molecule has 0 fully saturated rings. The van der Waals surface area contributed by atoms with Crippen molar-refractivity contribution in [3.63, 3.8) is 0 Å². The van der Waals surface area contributed by atoms with E-state index in [-0.39, 0.29) is 0 Å². The molecule has 0 spiro atoms. The summed E-state index contributed by atoms with van der Waals surface area (Å²) in [6.45, 7) is 0. The number of aromatic nitrogens is 2. The molecule has 4 nitrogen and oxygen atoms in total. The van der Waals surface area contributed by atoms with Crippen LogP contribution in [0.15, 0.2) is 42.7 Å². The predicted molar refractivity (Wildman–Crippen MR) is 70.3 cm³/mol. The summed E-state index contributed by atoms with van der Waals surface area (Å²) in [5.41, 5.74) is 1.44. The third-order valence-electron chi connectivity index (χ3n) is 2.10. The summed E-state index contributed by atoms with van der Waals surface area (Å²) < 4.78 is 5.10. The van der Waals surface area contributed by atoms with E-state index in [4.69, 9.17) is 17.0 Å². The molecular weight excluding hydrogens is 234 g/mol. The second kappa shape index (κ2) is 5.36. The average Bonchev–Trinajstić information content (AvgIpc) is 2.40. The van der Waals surface area contributed by atoms with Gasteiger partial charge in [0.1, 0.15) is 4.99 Å². The van der Waals surface area contributed by atoms with E-state index in [1.807, 2.05) is 30.3 Å². The van der Waals surface area contributed by atoms with Crippen LogP contribution < -0.4 is 10.1 Å². The molecule has 2 rings (SSSR count). The van der Waals surface area contributed by atoms with Crippen LogP contribution in [0.5, 0.6) is 5.88 Å². The SMILES string of the molecule is COc1nccnc1C(=S)Nc1ccccc1. The smallest absolute Gasteiger partial charge is 0.242 e. The Bertz CT molecular complexity index is 516. The summed E-state index contributed by atoms with van der Waals surface area (Å²) in [4.78, 5) is 8.69. The number of hydrogen-bond acceptors (Lipinski definition) is 4. The van der Waals surface area contributed by atoms with Gasteiger partial charge in [-0.1, -0.05) is 30.4 Å². The fourth-order valence-corrected chi connectivity index (χ4v) is 1.60. The molecular formula is C12H11N3OS. The Morgan fingerprint density at radius 3 is 2.59 bits per heavy atom. The minimum atomic E-state index is 0.418. The first-order chi connectivity index (χ1) is 8.31. The minimum absolute atomic E-state index is 0.418. The molecule has 0 aliphatic heterocycles. The highest BCUT2D eigenvalue weighted by Crippen LogP contribution is 2.14. The van der Waals surface area contributed by atoms with Crippen LogP contribution in [0, 0.1) is 0 Å². The number of rotatable bonds is 3. The van der Waals surface area contributed by atoms with E-state index in [2.05, 4.69) is 15.3 Å². The maximum Gasteiger partial charge on any atom is 0.242 e. The van der Waals surface area contributed by atoms with Crippen LogP contribution in [0.25, 0.3) is 0 Å². The molecule has 1 aromatic carbocycles. The Morgan fingerprint density at radius 1 is 1.18 bits per heavy atom. The number of hydrogen-bond donors (Lipinski definition) is 1. The predicted octanol–water partition coefficient (Wildman–Crippen LogP) is 2.27. The Hall–Kier alpha value is -2.01. The van der Waals surface area contributed by atoms with Gasteiger partial charge in [-0.05, 0) is 12.1 Å². The molecule has 0 saturated heterocycles. The van der Waals surface area contributed by atoms with Crippen molar-refractivity contribution in [3.05, 3.63) is 48.4 Å². The van der Waals surface area contributed by atoms with E-state index in [1.54, 1.807) is 19.5 Å². The van der Waals surface area contributed by atoms with Gasteiger partial charge in [0, 0.05) is 18.1 Å². The van der Waals surface area contributed by atoms with Crippen molar-refractivity contribution in [3.8, 4) is 5.88 Å². The number of benzene rings is 1. The number of anilines is 1. The topological polar surface area (TPSA) is 47.0 Å². The van der Waals surface area contributed by atoms with Crippen molar-refractivity contribution in [1.29, 1.82) is 0 Å². The van der Waals surface area contributed by atoms with Crippen LogP contribution in [0.4, 0.5) is 5.69 Å². The van der Waals surface area contributed by atoms with Crippen LogP contribution in [-0.4, -0.2) is 22.1 Å². The van der Waals surface area contributed by atoms with Crippen LogP contribution >= 0.6 is 12.2 Å². The minimum Gasteiger partial charge on any atom is -0.479 e. The molecule has 0 unspecified atom stereocenters. The Labute approximate surface area is 105 Å². The largest absolute Gasteiger partial charge is 0.479 e. The average molecular weight is 245 g/mol. The van der Waals surface area contributed by atoms with Gasteiger partial charge < -0.3 is 10.1 Å². The van der Waals surface area contributed by atoms with Crippen molar-refractivity contribution >= 4 is 22.9 Å². The Balaban J connectivity index is 2.20. The maximum atomic E-state index is 5.26. The van der Waals surface area contributed by atoms with Crippen LogP contribution in [0.2, 0.25) is 0 Å². The molecule has 0 amide bonds. The first-order valence-electron chi connectivity index (χ1n) is 5.02. The molecule has 2 aromatic rings. The normalized spacial score (nSPS) is 9.71. The fraction of sp³-hybridized carbons (Fsp3) is 0.0833.